The number of phenols is 1. The number of thiazole rings is 1. The van der Waals surface area contributed by atoms with Crippen molar-refractivity contribution in [3.8, 4) is 17.2 Å². The molecule has 1 amide bonds. The molecular formula is C33H30N2O7S. The number of aryl methyl sites for hydroxylation is 2. The molecule has 1 aliphatic rings. The van der Waals surface area contributed by atoms with Gasteiger partial charge in [0, 0.05) is 12.5 Å². The Bertz CT molecular complexity index is 1760. The smallest absolute Gasteiger partial charge is 0.301 e. The van der Waals surface area contributed by atoms with E-state index in [1.165, 1.54) is 24.0 Å². The van der Waals surface area contributed by atoms with Gasteiger partial charge in [-0.25, -0.2) is 4.98 Å². The number of phenolic OH excluding ortho intramolecular Hbond substituents is 1. The number of carbonyl (C=O) groups excluding carboxylic acids is 3. The second-order valence-corrected chi connectivity index (χ2v) is 11.1. The fourth-order valence-corrected chi connectivity index (χ4v) is 5.95. The van der Waals surface area contributed by atoms with Gasteiger partial charge >= 0.3 is 5.91 Å². The molecule has 10 heteroatoms. The third-order valence-electron chi connectivity index (χ3n) is 6.97. The van der Waals surface area contributed by atoms with Gasteiger partial charge in [0.25, 0.3) is 5.78 Å². The summed E-state index contributed by atoms with van der Waals surface area (Å²) < 4.78 is 11.4. The molecule has 0 spiro atoms. The molecule has 1 aromatic heterocycles. The summed E-state index contributed by atoms with van der Waals surface area (Å²) in [5, 5.41) is 21.9. The lowest BCUT2D eigenvalue weighted by atomic mass is 9.95. The number of nitrogens with zero attached hydrogens (tertiary/aromatic N) is 2. The molecular weight excluding hydrogens is 568 g/mol. The molecule has 3 aromatic carbocycles. The molecule has 0 aliphatic carbocycles. The van der Waals surface area contributed by atoms with Crippen LogP contribution in [0.4, 0.5) is 5.13 Å². The number of hydrogen-bond acceptors (Lipinski definition) is 9. The maximum absolute atomic E-state index is 13.5. The van der Waals surface area contributed by atoms with E-state index in [-0.39, 0.29) is 40.4 Å². The number of amides is 1. The van der Waals surface area contributed by atoms with Gasteiger partial charge in [-0.3, -0.25) is 19.3 Å². The Morgan fingerprint density at radius 3 is 2.42 bits per heavy atom. The molecule has 1 aliphatic heterocycles. The molecule has 2 heterocycles. The monoisotopic (exact) mass is 598 g/mol. The van der Waals surface area contributed by atoms with Crippen LogP contribution in [0.5, 0.6) is 17.2 Å². The molecule has 1 saturated heterocycles. The van der Waals surface area contributed by atoms with E-state index in [1.54, 1.807) is 44.2 Å². The number of Topliss-reactive ketones (excluding diaryl/α,β-unsaturated/α-hetero) is 2. The van der Waals surface area contributed by atoms with Crippen molar-refractivity contribution >= 4 is 39.7 Å². The number of carbonyl (C=O) groups is 3. The van der Waals surface area contributed by atoms with Crippen LogP contribution in [0.3, 0.4) is 0 Å². The lowest BCUT2D eigenvalue weighted by Crippen LogP contribution is -2.29. The average molecular weight is 599 g/mol. The van der Waals surface area contributed by atoms with Crippen LogP contribution >= 0.6 is 11.3 Å². The molecule has 1 fully saturated rings. The Morgan fingerprint density at radius 1 is 1.02 bits per heavy atom. The maximum atomic E-state index is 13.5. The summed E-state index contributed by atoms with van der Waals surface area (Å²) in [5.74, 6) is -1.83. The lowest BCUT2D eigenvalue weighted by Gasteiger charge is -2.23. The van der Waals surface area contributed by atoms with Crippen molar-refractivity contribution in [2.24, 2.45) is 0 Å². The predicted octanol–water partition coefficient (Wildman–Crippen LogP) is 6.27. The third kappa shape index (κ3) is 5.87. The highest BCUT2D eigenvalue weighted by atomic mass is 32.1. The Labute approximate surface area is 252 Å². The first-order valence-electron chi connectivity index (χ1n) is 13.6. The fourth-order valence-electron chi connectivity index (χ4n) is 4.96. The topological polar surface area (TPSA) is 126 Å². The first kappa shape index (κ1) is 29.5. The van der Waals surface area contributed by atoms with Crippen molar-refractivity contribution in [3.05, 3.63) is 105 Å². The van der Waals surface area contributed by atoms with Crippen LogP contribution in [0, 0.1) is 13.8 Å². The van der Waals surface area contributed by atoms with E-state index in [0.717, 1.165) is 22.5 Å². The summed E-state index contributed by atoms with van der Waals surface area (Å²) in [6.07, 6.45) is 0. The van der Waals surface area contributed by atoms with Gasteiger partial charge in [-0.1, -0.05) is 47.2 Å². The number of ether oxygens (including phenoxy) is 2. The largest absolute Gasteiger partial charge is 0.507 e. The van der Waals surface area contributed by atoms with E-state index < -0.39 is 17.7 Å². The van der Waals surface area contributed by atoms with Crippen LogP contribution in [0.15, 0.2) is 72.3 Å². The molecule has 4 aromatic rings. The first-order chi connectivity index (χ1) is 20.6. The number of aliphatic hydroxyl groups is 1. The normalized spacial score (nSPS) is 16.0. The Hall–Kier alpha value is -4.96. The number of hydrogen-bond donors (Lipinski definition) is 2. The number of aliphatic hydroxyl groups excluding tert-OH is 1. The zero-order chi connectivity index (χ0) is 30.8. The van der Waals surface area contributed by atoms with Crippen LogP contribution in [-0.4, -0.2) is 39.3 Å². The number of benzene rings is 3. The van der Waals surface area contributed by atoms with E-state index in [1.807, 2.05) is 31.2 Å². The standard InChI is InChI=1S/C33H30N2O7S/c1-5-41-26-16-23(11-14-25(26)37)28-27(30(39)32(40)35(28)33-34-19(3)31(43-33)20(4)36)29(38)22-9-12-24(13-10-22)42-17-21-8-6-7-18(2)15-21/h6-16,28,37-38H,5,17H2,1-4H3. The van der Waals surface area contributed by atoms with Gasteiger partial charge < -0.3 is 19.7 Å². The lowest BCUT2D eigenvalue weighted by molar-refractivity contribution is -0.132. The minimum atomic E-state index is -1.11. The van der Waals surface area contributed by atoms with E-state index in [0.29, 0.717) is 34.1 Å². The van der Waals surface area contributed by atoms with Crippen molar-refractivity contribution in [2.75, 3.05) is 11.5 Å². The SMILES string of the molecule is CCOc1cc(C2C(=C(O)c3ccc(OCc4cccc(C)c4)cc3)C(=O)C(=O)N2c2nc(C)c(C(C)=O)s2)ccc1O. The summed E-state index contributed by atoms with van der Waals surface area (Å²) in [5.41, 5.74) is 3.10. The van der Waals surface area contributed by atoms with Gasteiger partial charge in [0.05, 0.1) is 28.8 Å². The van der Waals surface area contributed by atoms with E-state index in [9.17, 15) is 24.6 Å². The third-order valence-corrected chi connectivity index (χ3v) is 8.23. The molecule has 0 radical (unpaired) electrons. The van der Waals surface area contributed by atoms with Gasteiger partial charge in [-0.2, -0.15) is 0 Å². The molecule has 0 bridgehead atoms. The Morgan fingerprint density at radius 2 is 1.77 bits per heavy atom. The van der Waals surface area contributed by atoms with Crippen molar-refractivity contribution in [2.45, 2.75) is 40.3 Å². The number of aromatic hydroxyl groups is 1. The molecule has 0 saturated carbocycles. The summed E-state index contributed by atoms with van der Waals surface area (Å²) >= 11 is 0.993. The quantitative estimate of drug-likeness (QED) is 0.0999. The van der Waals surface area contributed by atoms with Gasteiger partial charge in [0.2, 0.25) is 0 Å². The molecule has 2 N–H and O–H groups in total. The van der Waals surface area contributed by atoms with Crippen LogP contribution in [0.2, 0.25) is 0 Å². The van der Waals surface area contributed by atoms with Crippen LogP contribution in [-0.2, 0) is 16.2 Å². The van der Waals surface area contributed by atoms with Crippen molar-refractivity contribution in [3.63, 3.8) is 0 Å². The number of rotatable bonds is 9. The Kier molecular flexibility index (Phi) is 8.31. The maximum Gasteiger partial charge on any atom is 0.301 e. The van der Waals surface area contributed by atoms with Gasteiger partial charge in [-0.15, -0.1) is 0 Å². The number of anilines is 1. The van der Waals surface area contributed by atoms with E-state index in [2.05, 4.69) is 4.98 Å². The summed E-state index contributed by atoms with van der Waals surface area (Å²) in [7, 11) is 0. The average Bonchev–Trinajstić information content (AvgIpc) is 3.49. The molecule has 5 rings (SSSR count). The zero-order valence-corrected chi connectivity index (χ0v) is 24.9. The highest BCUT2D eigenvalue weighted by molar-refractivity contribution is 7.18. The fraction of sp³-hybridized carbons (Fsp3) is 0.212. The van der Waals surface area contributed by atoms with Crippen LogP contribution in [0.25, 0.3) is 5.76 Å². The minimum Gasteiger partial charge on any atom is -0.507 e. The summed E-state index contributed by atoms with van der Waals surface area (Å²) in [6, 6.07) is 17.9. The van der Waals surface area contributed by atoms with E-state index in [4.69, 9.17) is 9.47 Å². The number of ketones is 2. The van der Waals surface area contributed by atoms with Gasteiger partial charge in [-0.05, 0) is 68.3 Å². The molecule has 43 heavy (non-hydrogen) atoms. The second kappa shape index (κ2) is 12.1. The van der Waals surface area contributed by atoms with Crippen molar-refractivity contribution in [1.82, 2.24) is 4.98 Å². The first-order valence-corrected chi connectivity index (χ1v) is 14.4. The predicted molar refractivity (Wildman–Crippen MR) is 163 cm³/mol. The number of aromatic nitrogens is 1. The summed E-state index contributed by atoms with van der Waals surface area (Å²) in [6.45, 7) is 7.44. The molecule has 9 nitrogen and oxygen atoms in total. The van der Waals surface area contributed by atoms with E-state index >= 15 is 0 Å². The zero-order valence-electron chi connectivity index (χ0n) is 24.1. The minimum absolute atomic E-state index is 0.118. The molecule has 1 atom stereocenters. The second-order valence-electron chi connectivity index (χ2n) is 10.1. The summed E-state index contributed by atoms with van der Waals surface area (Å²) in [4.78, 5) is 45.2. The van der Waals surface area contributed by atoms with Crippen LogP contribution < -0.4 is 14.4 Å². The van der Waals surface area contributed by atoms with Crippen molar-refractivity contribution in [1.29, 1.82) is 0 Å². The van der Waals surface area contributed by atoms with Crippen LogP contribution in [0.1, 0.15) is 57.5 Å². The molecule has 1 unspecified atom stereocenters. The highest BCUT2D eigenvalue weighted by Gasteiger charge is 2.48. The molecule has 220 valence electrons. The highest BCUT2D eigenvalue weighted by Crippen LogP contribution is 2.45. The van der Waals surface area contributed by atoms with Gasteiger partial charge in [0.15, 0.2) is 22.4 Å². The van der Waals surface area contributed by atoms with Gasteiger partial charge in [0.1, 0.15) is 18.1 Å². The van der Waals surface area contributed by atoms with Crippen molar-refractivity contribution < 1.29 is 34.1 Å². The Balaban J connectivity index is 1.56.